The minimum atomic E-state index is -3.34. The molecule has 1 saturated carbocycles. The quantitative estimate of drug-likeness (QED) is 0.713. The normalized spacial score (nSPS) is 32.5. The van der Waals surface area contributed by atoms with Crippen molar-refractivity contribution in [2.75, 3.05) is 26.3 Å². The summed E-state index contributed by atoms with van der Waals surface area (Å²) < 4.78 is 33.5. The lowest BCUT2D eigenvalue weighted by Gasteiger charge is -2.31. The van der Waals surface area contributed by atoms with E-state index >= 15 is 0 Å². The van der Waals surface area contributed by atoms with Gasteiger partial charge in [-0.15, -0.1) is 0 Å². The van der Waals surface area contributed by atoms with Gasteiger partial charge in [-0.25, -0.2) is 0 Å². The summed E-state index contributed by atoms with van der Waals surface area (Å²) in [5.74, 6) is 0. The molecule has 0 bridgehead atoms. The second-order valence-electron chi connectivity index (χ2n) is 4.75. The van der Waals surface area contributed by atoms with Gasteiger partial charge in [0.1, 0.15) is 0 Å². The Labute approximate surface area is 103 Å². The molecule has 0 radical (unpaired) electrons. The minimum Gasteiger partial charge on any atom is -0.379 e. The highest BCUT2D eigenvalue weighted by Gasteiger charge is 2.28. The van der Waals surface area contributed by atoms with Crippen molar-refractivity contribution in [3.05, 3.63) is 0 Å². The SMILES string of the molecule is NC1CCC(NS(=O)(=O)N2CCOCC2)CC1. The van der Waals surface area contributed by atoms with Crippen LogP contribution in [0.15, 0.2) is 0 Å². The van der Waals surface area contributed by atoms with Gasteiger partial charge < -0.3 is 10.5 Å². The van der Waals surface area contributed by atoms with Crippen molar-refractivity contribution in [1.82, 2.24) is 9.03 Å². The summed E-state index contributed by atoms with van der Waals surface area (Å²) in [5.41, 5.74) is 5.80. The van der Waals surface area contributed by atoms with Crippen molar-refractivity contribution in [3.8, 4) is 0 Å². The van der Waals surface area contributed by atoms with Crippen LogP contribution in [0.25, 0.3) is 0 Å². The maximum atomic E-state index is 12.1. The van der Waals surface area contributed by atoms with E-state index in [0.717, 1.165) is 25.7 Å². The van der Waals surface area contributed by atoms with Crippen molar-refractivity contribution in [1.29, 1.82) is 0 Å². The van der Waals surface area contributed by atoms with E-state index in [0.29, 0.717) is 26.3 Å². The molecule has 2 fully saturated rings. The highest BCUT2D eigenvalue weighted by molar-refractivity contribution is 7.87. The maximum absolute atomic E-state index is 12.1. The molecule has 1 aliphatic heterocycles. The van der Waals surface area contributed by atoms with E-state index in [4.69, 9.17) is 10.5 Å². The smallest absolute Gasteiger partial charge is 0.279 e. The molecule has 1 heterocycles. The van der Waals surface area contributed by atoms with Crippen LogP contribution in [0.1, 0.15) is 25.7 Å². The molecule has 3 N–H and O–H groups in total. The fourth-order valence-corrected chi connectivity index (χ4v) is 3.74. The van der Waals surface area contributed by atoms with Crippen LogP contribution in [0.5, 0.6) is 0 Å². The van der Waals surface area contributed by atoms with Gasteiger partial charge in [-0.05, 0) is 25.7 Å². The number of hydrogen-bond acceptors (Lipinski definition) is 4. The van der Waals surface area contributed by atoms with E-state index in [1.54, 1.807) is 0 Å². The summed E-state index contributed by atoms with van der Waals surface area (Å²) in [7, 11) is -3.34. The molecule has 0 aromatic carbocycles. The number of nitrogens with one attached hydrogen (secondary N) is 1. The van der Waals surface area contributed by atoms with Gasteiger partial charge in [-0.3, -0.25) is 0 Å². The van der Waals surface area contributed by atoms with Crippen LogP contribution < -0.4 is 10.5 Å². The average molecular weight is 263 g/mol. The monoisotopic (exact) mass is 263 g/mol. The largest absolute Gasteiger partial charge is 0.379 e. The van der Waals surface area contributed by atoms with Crippen LogP contribution in [0, 0.1) is 0 Å². The summed E-state index contributed by atoms with van der Waals surface area (Å²) in [6, 6.07) is 0.279. The van der Waals surface area contributed by atoms with Gasteiger partial charge in [0.2, 0.25) is 0 Å². The molecule has 1 saturated heterocycles. The first-order chi connectivity index (χ1) is 8.08. The van der Waals surface area contributed by atoms with E-state index in [-0.39, 0.29) is 12.1 Å². The van der Waals surface area contributed by atoms with Crippen LogP contribution in [0.3, 0.4) is 0 Å². The molecule has 7 heteroatoms. The van der Waals surface area contributed by atoms with Crippen molar-refractivity contribution in [2.45, 2.75) is 37.8 Å². The van der Waals surface area contributed by atoms with Gasteiger partial charge in [0.25, 0.3) is 10.2 Å². The second-order valence-corrected chi connectivity index (χ2v) is 6.45. The summed E-state index contributed by atoms with van der Waals surface area (Å²) in [6.07, 6.45) is 3.47. The van der Waals surface area contributed by atoms with Gasteiger partial charge in [0.15, 0.2) is 0 Å². The Balaban J connectivity index is 1.88. The Morgan fingerprint density at radius 3 is 2.29 bits per heavy atom. The lowest BCUT2D eigenvalue weighted by molar-refractivity contribution is 0.0722. The zero-order chi connectivity index (χ0) is 12.3. The van der Waals surface area contributed by atoms with E-state index in [2.05, 4.69) is 4.72 Å². The van der Waals surface area contributed by atoms with Crippen molar-refractivity contribution in [2.24, 2.45) is 5.73 Å². The highest BCUT2D eigenvalue weighted by Crippen LogP contribution is 2.18. The van der Waals surface area contributed by atoms with Crippen LogP contribution in [-0.4, -0.2) is 51.1 Å². The number of rotatable bonds is 3. The maximum Gasteiger partial charge on any atom is 0.279 e. The molecule has 0 unspecified atom stereocenters. The van der Waals surface area contributed by atoms with E-state index < -0.39 is 10.2 Å². The number of nitrogens with zero attached hydrogens (tertiary/aromatic N) is 1. The molecule has 2 aliphatic rings. The van der Waals surface area contributed by atoms with E-state index in [9.17, 15) is 8.42 Å². The first-order valence-electron chi connectivity index (χ1n) is 6.18. The lowest BCUT2D eigenvalue weighted by Crippen LogP contribution is -2.50. The lowest BCUT2D eigenvalue weighted by atomic mass is 9.93. The van der Waals surface area contributed by atoms with Crippen LogP contribution >= 0.6 is 0 Å². The van der Waals surface area contributed by atoms with Crippen LogP contribution in [0.4, 0.5) is 0 Å². The molecule has 17 heavy (non-hydrogen) atoms. The average Bonchev–Trinajstić information content (AvgIpc) is 2.33. The number of ether oxygens (including phenoxy) is 1. The first-order valence-corrected chi connectivity index (χ1v) is 7.62. The fourth-order valence-electron chi connectivity index (χ4n) is 2.31. The van der Waals surface area contributed by atoms with Crippen LogP contribution in [-0.2, 0) is 14.9 Å². The number of nitrogens with two attached hydrogens (primary N) is 1. The Morgan fingerprint density at radius 1 is 1.12 bits per heavy atom. The molecule has 1 aliphatic carbocycles. The van der Waals surface area contributed by atoms with Gasteiger partial charge in [0.05, 0.1) is 13.2 Å². The topological polar surface area (TPSA) is 84.7 Å². The van der Waals surface area contributed by atoms with Crippen molar-refractivity contribution in [3.63, 3.8) is 0 Å². The zero-order valence-electron chi connectivity index (χ0n) is 9.97. The summed E-state index contributed by atoms with van der Waals surface area (Å²) in [6.45, 7) is 1.86. The van der Waals surface area contributed by atoms with E-state index in [1.807, 2.05) is 0 Å². The molecule has 0 aromatic heterocycles. The Hall–Kier alpha value is -0.210. The third-order valence-corrected chi connectivity index (χ3v) is 5.07. The Morgan fingerprint density at radius 2 is 1.71 bits per heavy atom. The third-order valence-electron chi connectivity index (χ3n) is 3.40. The first kappa shape index (κ1) is 13.2. The van der Waals surface area contributed by atoms with Crippen LogP contribution in [0.2, 0.25) is 0 Å². The second kappa shape index (κ2) is 5.62. The molecule has 0 atom stereocenters. The highest BCUT2D eigenvalue weighted by atomic mass is 32.2. The third kappa shape index (κ3) is 3.62. The van der Waals surface area contributed by atoms with Gasteiger partial charge >= 0.3 is 0 Å². The standard InChI is InChI=1S/C10H21N3O3S/c11-9-1-3-10(4-2-9)12-17(14,15)13-5-7-16-8-6-13/h9-10,12H,1-8,11H2. The molecular formula is C10H21N3O3S. The number of morpholine rings is 1. The van der Waals surface area contributed by atoms with Gasteiger partial charge in [-0.1, -0.05) is 0 Å². The van der Waals surface area contributed by atoms with Crippen molar-refractivity contribution >= 4 is 10.2 Å². The molecule has 0 amide bonds. The Kier molecular flexibility index (Phi) is 4.37. The molecule has 2 rings (SSSR count). The minimum absolute atomic E-state index is 0.0441. The van der Waals surface area contributed by atoms with Gasteiger partial charge in [0, 0.05) is 25.2 Å². The molecule has 0 aromatic rings. The van der Waals surface area contributed by atoms with Gasteiger partial charge in [-0.2, -0.15) is 17.4 Å². The number of hydrogen-bond donors (Lipinski definition) is 2. The predicted molar refractivity (Wildman–Crippen MR) is 64.7 cm³/mol. The van der Waals surface area contributed by atoms with Crippen molar-refractivity contribution < 1.29 is 13.2 Å². The Bertz CT molecular complexity index is 333. The van der Waals surface area contributed by atoms with E-state index in [1.165, 1.54) is 4.31 Å². The predicted octanol–water partition coefficient (Wildman–Crippen LogP) is -0.577. The molecule has 0 spiro atoms. The molecular weight excluding hydrogens is 242 g/mol. The summed E-state index contributed by atoms with van der Waals surface area (Å²) in [5, 5.41) is 0. The summed E-state index contributed by atoms with van der Waals surface area (Å²) >= 11 is 0. The molecule has 6 nitrogen and oxygen atoms in total. The fraction of sp³-hybridized carbons (Fsp3) is 1.00. The zero-order valence-corrected chi connectivity index (χ0v) is 10.8. The summed E-state index contributed by atoms with van der Waals surface area (Å²) in [4.78, 5) is 0. The molecule has 100 valence electrons.